The van der Waals surface area contributed by atoms with Gasteiger partial charge in [-0.3, -0.25) is 0 Å². The molecule has 1 aromatic carbocycles. The molecule has 6 heteroatoms. The first kappa shape index (κ1) is 14.9. The number of aromatic nitrogens is 2. The number of likely N-dealkylation sites (N-methyl/N-ethyl adjacent to an activating group) is 1. The fourth-order valence-corrected chi connectivity index (χ4v) is 2.43. The predicted molar refractivity (Wildman–Crippen MR) is 84.9 cm³/mol. The zero-order valence-corrected chi connectivity index (χ0v) is 13.7. The summed E-state index contributed by atoms with van der Waals surface area (Å²) in [6.07, 6.45) is 0. The Morgan fingerprint density at radius 1 is 1.26 bits per heavy atom. The zero-order chi connectivity index (χ0) is 14.4. The summed E-state index contributed by atoms with van der Waals surface area (Å²) in [7, 11) is 4.12. The van der Waals surface area contributed by atoms with E-state index < -0.39 is 0 Å². The fraction of sp³-hybridized carbons (Fsp3) is 0.462. The molecule has 2 rings (SSSR count). The van der Waals surface area contributed by atoms with Gasteiger partial charge in [-0.05, 0) is 52.3 Å². The smallest absolute Gasteiger partial charge is 0.178 e. The van der Waals surface area contributed by atoms with Gasteiger partial charge in [0.05, 0.1) is 21.1 Å². The standard InChI is InChI=1S/C13H17Cl2N3S/c1-13(2,17(3)4)7-18-11-6-9(15)8(14)5-10(11)16-12(18)19/h5-6H,7H2,1-4H3,(H,16,19). The van der Waals surface area contributed by atoms with Gasteiger partial charge in [-0.1, -0.05) is 23.2 Å². The molecule has 1 aromatic heterocycles. The van der Waals surface area contributed by atoms with Gasteiger partial charge in [0.2, 0.25) is 0 Å². The molecular weight excluding hydrogens is 301 g/mol. The number of aromatic amines is 1. The lowest BCUT2D eigenvalue weighted by atomic mass is 10.0. The second kappa shape index (κ2) is 5.09. The van der Waals surface area contributed by atoms with Crippen LogP contribution in [-0.2, 0) is 6.54 Å². The minimum atomic E-state index is -0.0144. The van der Waals surface area contributed by atoms with Gasteiger partial charge in [-0.2, -0.15) is 0 Å². The SMILES string of the molecule is CN(C)C(C)(C)Cn1c(=S)[nH]c2cc(Cl)c(Cl)cc21. The molecule has 0 unspecified atom stereocenters. The van der Waals surface area contributed by atoms with Crippen molar-refractivity contribution in [2.45, 2.75) is 25.9 Å². The summed E-state index contributed by atoms with van der Waals surface area (Å²) < 4.78 is 2.75. The van der Waals surface area contributed by atoms with Crippen LogP contribution in [0.3, 0.4) is 0 Å². The van der Waals surface area contributed by atoms with E-state index in [0.717, 1.165) is 17.6 Å². The molecule has 2 aromatic rings. The van der Waals surface area contributed by atoms with Crippen LogP contribution in [0.15, 0.2) is 12.1 Å². The van der Waals surface area contributed by atoms with Crippen molar-refractivity contribution in [3.63, 3.8) is 0 Å². The molecule has 0 saturated heterocycles. The Kier molecular flexibility index (Phi) is 3.98. The van der Waals surface area contributed by atoms with Crippen molar-refractivity contribution in [1.29, 1.82) is 0 Å². The Balaban J connectivity index is 2.58. The number of hydrogen-bond donors (Lipinski definition) is 1. The summed E-state index contributed by atoms with van der Waals surface area (Å²) in [6, 6.07) is 3.67. The summed E-state index contributed by atoms with van der Waals surface area (Å²) in [6.45, 7) is 5.12. The van der Waals surface area contributed by atoms with Crippen molar-refractivity contribution < 1.29 is 0 Å². The van der Waals surface area contributed by atoms with Crippen LogP contribution in [0.1, 0.15) is 13.8 Å². The lowest BCUT2D eigenvalue weighted by Crippen LogP contribution is -2.42. The fourth-order valence-electron chi connectivity index (χ4n) is 1.84. The number of rotatable bonds is 3. The largest absolute Gasteiger partial charge is 0.331 e. The Morgan fingerprint density at radius 2 is 1.84 bits per heavy atom. The van der Waals surface area contributed by atoms with Crippen LogP contribution in [-0.4, -0.2) is 34.1 Å². The van der Waals surface area contributed by atoms with Crippen molar-refractivity contribution in [2.75, 3.05) is 14.1 Å². The number of hydrogen-bond acceptors (Lipinski definition) is 2. The number of nitrogens with zero attached hydrogens (tertiary/aromatic N) is 2. The van der Waals surface area contributed by atoms with Gasteiger partial charge in [-0.25, -0.2) is 0 Å². The van der Waals surface area contributed by atoms with E-state index in [1.54, 1.807) is 0 Å². The van der Waals surface area contributed by atoms with Crippen LogP contribution in [0.4, 0.5) is 0 Å². The second-order valence-electron chi connectivity index (χ2n) is 5.51. The highest BCUT2D eigenvalue weighted by Crippen LogP contribution is 2.28. The van der Waals surface area contributed by atoms with Gasteiger partial charge in [0, 0.05) is 12.1 Å². The van der Waals surface area contributed by atoms with E-state index in [4.69, 9.17) is 35.4 Å². The minimum Gasteiger partial charge on any atom is -0.331 e. The summed E-state index contributed by atoms with van der Waals surface area (Å²) in [4.78, 5) is 5.34. The molecule has 0 bridgehead atoms. The minimum absolute atomic E-state index is 0.0144. The highest BCUT2D eigenvalue weighted by molar-refractivity contribution is 7.71. The van der Waals surface area contributed by atoms with Crippen molar-refractivity contribution in [3.05, 3.63) is 26.9 Å². The summed E-state index contributed by atoms with van der Waals surface area (Å²) in [5, 5.41) is 1.07. The first-order valence-electron chi connectivity index (χ1n) is 5.97. The van der Waals surface area contributed by atoms with Gasteiger partial charge >= 0.3 is 0 Å². The lowest BCUT2D eigenvalue weighted by molar-refractivity contribution is 0.170. The van der Waals surface area contributed by atoms with E-state index in [9.17, 15) is 0 Å². The molecule has 0 aliphatic carbocycles. The number of halogens is 2. The molecule has 0 aliphatic heterocycles. The summed E-state index contributed by atoms with van der Waals surface area (Å²) in [5.74, 6) is 0. The van der Waals surface area contributed by atoms with E-state index in [0.29, 0.717) is 14.8 Å². The van der Waals surface area contributed by atoms with Gasteiger partial charge in [0.1, 0.15) is 0 Å². The molecule has 1 N–H and O–H groups in total. The quantitative estimate of drug-likeness (QED) is 0.851. The van der Waals surface area contributed by atoms with Gasteiger partial charge in [0.15, 0.2) is 4.77 Å². The molecule has 0 fully saturated rings. The summed E-state index contributed by atoms with van der Waals surface area (Å²) in [5.41, 5.74) is 1.88. The Morgan fingerprint density at radius 3 is 2.42 bits per heavy atom. The third kappa shape index (κ3) is 2.82. The van der Waals surface area contributed by atoms with Crippen LogP contribution in [0.2, 0.25) is 10.0 Å². The Bertz CT molecular complexity index is 670. The monoisotopic (exact) mass is 317 g/mol. The van der Waals surface area contributed by atoms with E-state index >= 15 is 0 Å². The Hall–Kier alpha value is -0.550. The zero-order valence-electron chi connectivity index (χ0n) is 11.4. The number of nitrogens with one attached hydrogen (secondary N) is 1. The van der Waals surface area contributed by atoms with Crippen molar-refractivity contribution in [1.82, 2.24) is 14.5 Å². The van der Waals surface area contributed by atoms with E-state index in [-0.39, 0.29) is 5.54 Å². The molecule has 104 valence electrons. The molecule has 0 aliphatic rings. The maximum Gasteiger partial charge on any atom is 0.178 e. The van der Waals surface area contributed by atoms with E-state index in [1.807, 2.05) is 12.1 Å². The molecule has 0 radical (unpaired) electrons. The third-order valence-electron chi connectivity index (χ3n) is 3.57. The van der Waals surface area contributed by atoms with Crippen LogP contribution < -0.4 is 0 Å². The highest BCUT2D eigenvalue weighted by atomic mass is 35.5. The summed E-state index contributed by atoms with van der Waals surface area (Å²) >= 11 is 17.5. The molecular formula is C13H17Cl2N3S. The van der Waals surface area contributed by atoms with Gasteiger partial charge in [-0.15, -0.1) is 0 Å². The van der Waals surface area contributed by atoms with Crippen LogP contribution in [0, 0.1) is 4.77 Å². The Labute approximate surface area is 128 Å². The molecule has 0 amide bonds. The first-order valence-corrected chi connectivity index (χ1v) is 7.14. The topological polar surface area (TPSA) is 24.0 Å². The van der Waals surface area contributed by atoms with Crippen molar-refractivity contribution >= 4 is 46.5 Å². The average molecular weight is 318 g/mol. The van der Waals surface area contributed by atoms with Gasteiger partial charge in [0.25, 0.3) is 0 Å². The molecule has 0 atom stereocenters. The van der Waals surface area contributed by atoms with E-state index in [1.165, 1.54) is 0 Å². The second-order valence-corrected chi connectivity index (χ2v) is 6.71. The first-order chi connectivity index (χ1) is 8.72. The predicted octanol–water partition coefficient (Wildman–Crippen LogP) is 4.35. The van der Waals surface area contributed by atoms with Crippen LogP contribution in [0.25, 0.3) is 11.0 Å². The number of benzene rings is 1. The molecule has 1 heterocycles. The normalized spacial score (nSPS) is 12.6. The van der Waals surface area contributed by atoms with Crippen molar-refractivity contribution in [3.8, 4) is 0 Å². The molecule has 19 heavy (non-hydrogen) atoms. The van der Waals surface area contributed by atoms with E-state index in [2.05, 4.69) is 42.4 Å². The van der Waals surface area contributed by atoms with Gasteiger partial charge < -0.3 is 14.5 Å². The number of H-pyrrole nitrogens is 1. The molecule has 3 nitrogen and oxygen atoms in total. The van der Waals surface area contributed by atoms with Crippen molar-refractivity contribution in [2.24, 2.45) is 0 Å². The number of imidazole rings is 1. The van der Waals surface area contributed by atoms with Crippen LogP contribution in [0.5, 0.6) is 0 Å². The highest BCUT2D eigenvalue weighted by Gasteiger charge is 2.22. The van der Waals surface area contributed by atoms with Crippen LogP contribution >= 0.6 is 35.4 Å². The maximum absolute atomic E-state index is 6.10. The lowest BCUT2D eigenvalue weighted by Gasteiger charge is -2.33. The molecule has 0 spiro atoms. The molecule has 0 saturated carbocycles. The third-order valence-corrected chi connectivity index (χ3v) is 4.62. The number of fused-ring (bicyclic) bond motifs is 1. The average Bonchev–Trinajstić information content (AvgIpc) is 2.56. The maximum atomic E-state index is 6.10.